The number of carbonyl (C=O) groups is 1. The van der Waals surface area contributed by atoms with Gasteiger partial charge in [-0.15, -0.1) is 0 Å². The molecule has 0 atom stereocenters. The summed E-state index contributed by atoms with van der Waals surface area (Å²) in [7, 11) is 1.58. The summed E-state index contributed by atoms with van der Waals surface area (Å²) in [6.07, 6.45) is 0.0136. The van der Waals surface area contributed by atoms with Crippen LogP contribution >= 0.6 is 0 Å². The third-order valence-electron chi connectivity index (χ3n) is 3.82. The van der Waals surface area contributed by atoms with Gasteiger partial charge >= 0.3 is 5.97 Å². The monoisotopic (exact) mass is 407 g/mol. The van der Waals surface area contributed by atoms with Gasteiger partial charge in [0, 0.05) is 18.7 Å². The van der Waals surface area contributed by atoms with E-state index in [4.69, 9.17) is 18.9 Å². The van der Waals surface area contributed by atoms with Gasteiger partial charge in [-0.3, -0.25) is 14.9 Å². The second kappa shape index (κ2) is 11.7. The molecule has 0 aromatic heterocycles. The molecule has 8 nitrogen and oxygen atoms in total. The van der Waals surface area contributed by atoms with Gasteiger partial charge in [0.05, 0.1) is 31.2 Å². The summed E-state index contributed by atoms with van der Waals surface area (Å²) in [5.74, 6) is -0.380. The summed E-state index contributed by atoms with van der Waals surface area (Å²) in [5.41, 5.74) is 0.243. The molecule has 156 valence electrons. The standard InChI is InChI=1S/C20H22FNO7/c1-26-10-11-27-12-13-28-18-7-8-19(22(24)25)15(14-18)2-9-20(23)29-17-5-3-16(21)4-6-17/h3-8,14H,2,9-13H2,1H3. The lowest BCUT2D eigenvalue weighted by molar-refractivity contribution is -0.385. The Bertz CT molecular complexity index is 811. The number of carbonyl (C=O) groups excluding carboxylic acids is 1. The Balaban J connectivity index is 1.91. The lowest BCUT2D eigenvalue weighted by Crippen LogP contribution is -2.11. The van der Waals surface area contributed by atoms with E-state index in [1.54, 1.807) is 7.11 Å². The Hall–Kier alpha value is -3.04. The van der Waals surface area contributed by atoms with Crippen LogP contribution in [0.1, 0.15) is 12.0 Å². The Kier molecular flexibility index (Phi) is 9.00. The van der Waals surface area contributed by atoms with Crippen LogP contribution in [-0.2, 0) is 20.7 Å². The van der Waals surface area contributed by atoms with Crippen molar-refractivity contribution in [2.24, 2.45) is 0 Å². The van der Waals surface area contributed by atoms with Gasteiger partial charge in [0.1, 0.15) is 23.9 Å². The molecular weight excluding hydrogens is 385 g/mol. The normalized spacial score (nSPS) is 10.6. The van der Waals surface area contributed by atoms with Crippen LogP contribution in [0.3, 0.4) is 0 Å². The molecule has 0 saturated carbocycles. The van der Waals surface area contributed by atoms with Gasteiger partial charge in [0.2, 0.25) is 0 Å². The number of halogens is 1. The first-order valence-corrected chi connectivity index (χ1v) is 8.92. The van der Waals surface area contributed by atoms with E-state index >= 15 is 0 Å². The molecule has 29 heavy (non-hydrogen) atoms. The molecule has 0 bridgehead atoms. The van der Waals surface area contributed by atoms with E-state index in [0.29, 0.717) is 31.1 Å². The lowest BCUT2D eigenvalue weighted by Gasteiger charge is -2.09. The van der Waals surface area contributed by atoms with Crippen molar-refractivity contribution in [3.8, 4) is 11.5 Å². The van der Waals surface area contributed by atoms with Crippen molar-refractivity contribution in [1.82, 2.24) is 0 Å². The third kappa shape index (κ3) is 7.84. The maximum Gasteiger partial charge on any atom is 0.311 e. The Labute approximate surface area is 167 Å². The van der Waals surface area contributed by atoms with Crippen molar-refractivity contribution in [3.05, 3.63) is 64.0 Å². The molecule has 0 spiro atoms. The van der Waals surface area contributed by atoms with Gasteiger partial charge in [0.25, 0.3) is 5.69 Å². The molecule has 0 fully saturated rings. The number of benzene rings is 2. The predicted molar refractivity (Wildman–Crippen MR) is 102 cm³/mol. The molecule has 0 heterocycles. The second-order valence-electron chi connectivity index (χ2n) is 5.93. The minimum absolute atomic E-state index is 0.0815. The van der Waals surface area contributed by atoms with Crippen LogP contribution in [0.2, 0.25) is 0 Å². The molecule has 2 aromatic rings. The van der Waals surface area contributed by atoms with E-state index in [1.165, 1.54) is 42.5 Å². The van der Waals surface area contributed by atoms with Gasteiger partial charge in [-0.25, -0.2) is 4.39 Å². The summed E-state index contributed by atoms with van der Waals surface area (Å²) in [5, 5.41) is 11.2. The number of nitro groups is 1. The van der Waals surface area contributed by atoms with Gasteiger partial charge in [0.15, 0.2) is 0 Å². The van der Waals surface area contributed by atoms with Crippen molar-refractivity contribution in [3.63, 3.8) is 0 Å². The van der Waals surface area contributed by atoms with Gasteiger partial charge in [-0.2, -0.15) is 0 Å². The van der Waals surface area contributed by atoms with E-state index in [-0.39, 0.29) is 30.9 Å². The van der Waals surface area contributed by atoms with Crippen molar-refractivity contribution in [2.45, 2.75) is 12.8 Å². The number of esters is 1. The maximum atomic E-state index is 12.9. The molecule has 2 aromatic carbocycles. The SMILES string of the molecule is COCCOCCOc1ccc([N+](=O)[O-])c(CCC(=O)Oc2ccc(F)cc2)c1. The minimum atomic E-state index is -0.580. The summed E-state index contributed by atoms with van der Waals surface area (Å²) in [6, 6.07) is 9.37. The fourth-order valence-electron chi connectivity index (χ4n) is 2.41. The lowest BCUT2D eigenvalue weighted by atomic mass is 10.1. The molecule has 2 rings (SSSR count). The molecule has 0 aliphatic carbocycles. The summed E-state index contributed by atoms with van der Waals surface area (Å²) < 4.78 is 33.7. The quantitative estimate of drug-likeness (QED) is 0.175. The first-order chi connectivity index (χ1) is 14.0. The topological polar surface area (TPSA) is 97.1 Å². The van der Waals surface area contributed by atoms with Crippen molar-refractivity contribution >= 4 is 11.7 Å². The van der Waals surface area contributed by atoms with E-state index in [9.17, 15) is 19.3 Å². The molecule has 0 aliphatic rings. The Morgan fingerprint density at radius 2 is 1.72 bits per heavy atom. The van der Waals surface area contributed by atoms with Crippen molar-refractivity contribution < 1.29 is 33.1 Å². The fourth-order valence-corrected chi connectivity index (χ4v) is 2.41. The molecular formula is C20H22FNO7. The number of methoxy groups -OCH3 is 1. The second-order valence-corrected chi connectivity index (χ2v) is 5.93. The molecule has 0 radical (unpaired) electrons. The zero-order valence-corrected chi connectivity index (χ0v) is 16.0. The molecule has 0 aliphatic heterocycles. The van der Waals surface area contributed by atoms with Crippen LogP contribution in [0, 0.1) is 15.9 Å². The van der Waals surface area contributed by atoms with E-state index in [2.05, 4.69) is 0 Å². The third-order valence-corrected chi connectivity index (χ3v) is 3.82. The number of ether oxygens (including phenoxy) is 4. The molecule has 0 saturated heterocycles. The van der Waals surface area contributed by atoms with Crippen LogP contribution in [0.15, 0.2) is 42.5 Å². The number of nitrogens with zero attached hydrogens (tertiary/aromatic N) is 1. The van der Waals surface area contributed by atoms with Crippen LogP contribution in [-0.4, -0.2) is 44.4 Å². The average Bonchev–Trinajstić information content (AvgIpc) is 2.70. The zero-order chi connectivity index (χ0) is 21.1. The number of nitro benzene ring substituents is 1. The van der Waals surface area contributed by atoms with E-state index < -0.39 is 16.7 Å². The fraction of sp³-hybridized carbons (Fsp3) is 0.350. The summed E-state index contributed by atoms with van der Waals surface area (Å²) >= 11 is 0. The highest BCUT2D eigenvalue weighted by atomic mass is 19.1. The Morgan fingerprint density at radius 3 is 2.41 bits per heavy atom. The van der Waals surface area contributed by atoms with Gasteiger partial charge in [-0.1, -0.05) is 0 Å². The number of aryl methyl sites for hydroxylation is 1. The highest BCUT2D eigenvalue weighted by Gasteiger charge is 2.17. The average molecular weight is 407 g/mol. The first-order valence-electron chi connectivity index (χ1n) is 8.92. The van der Waals surface area contributed by atoms with Crippen molar-refractivity contribution in [1.29, 1.82) is 0 Å². The van der Waals surface area contributed by atoms with E-state index in [1.807, 2.05) is 0 Å². The first kappa shape index (κ1) is 22.3. The largest absolute Gasteiger partial charge is 0.491 e. The maximum absolute atomic E-state index is 12.9. The van der Waals surface area contributed by atoms with E-state index in [0.717, 1.165) is 0 Å². The minimum Gasteiger partial charge on any atom is -0.491 e. The highest BCUT2D eigenvalue weighted by Crippen LogP contribution is 2.25. The molecule has 0 amide bonds. The van der Waals surface area contributed by atoms with Crippen LogP contribution < -0.4 is 9.47 Å². The predicted octanol–water partition coefficient (Wildman–Crippen LogP) is 3.31. The smallest absolute Gasteiger partial charge is 0.311 e. The molecule has 0 N–H and O–H groups in total. The van der Waals surface area contributed by atoms with Crippen LogP contribution in [0.4, 0.5) is 10.1 Å². The summed E-state index contributed by atoms with van der Waals surface area (Å²) in [4.78, 5) is 22.7. The molecule has 9 heteroatoms. The summed E-state index contributed by atoms with van der Waals surface area (Å²) in [6.45, 7) is 1.55. The van der Waals surface area contributed by atoms with Crippen LogP contribution in [0.25, 0.3) is 0 Å². The number of rotatable bonds is 12. The van der Waals surface area contributed by atoms with Crippen LogP contribution in [0.5, 0.6) is 11.5 Å². The number of hydrogen-bond donors (Lipinski definition) is 0. The Morgan fingerprint density at radius 1 is 1.03 bits per heavy atom. The zero-order valence-electron chi connectivity index (χ0n) is 16.0. The van der Waals surface area contributed by atoms with Gasteiger partial charge < -0.3 is 18.9 Å². The number of hydrogen-bond acceptors (Lipinski definition) is 7. The van der Waals surface area contributed by atoms with Crippen molar-refractivity contribution in [2.75, 3.05) is 33.5 Å². The highest BCUT2D eigenvalue weighted by molar-refractivity contribution is 5.72. The molecule has 0 unspecified atom stereocenters. The van der Waals surface area contributed by atoms with Gasteiger partial charge in [-0.05, 0) is 42.8 Å².